The Labute approximate surface area is 130 Å². The number of fused-ring (bicyclic) bond motifs is 2. The normalized spacial score (nSPS) is 35.1. The maximum absolute atomic E-state index is 4.01. The minimum absolute atomic E-state index is 0.431. The van der Waals surface area contributed by atoms with Crippen molar-refractivity contribution in [2.24, 2.45) is 16.7 Å². The first-order valence-electron chi connectivity index (χ1n) is 8.57. The van der Waals surface area contributed by atoms with Gasteiger partial charge in [-0.3, -0.25) is 0 Å². The fourth-order valence-electron chi connectivity index (χ4n) is 5.32. The minimum Gasteiger partial charge on any atom is -0.306 e. The van der Waals surface area contributed by atoms with Crippen LogP contribution in [0.15, 0.2) is 18.2 Å². The van der Waals surface area contributed by atoms with Crippen LogP contribution >= 0.6 is 0 Å². The van der Waals surface area contributed by atoms with Crippen molar-refractivity contribution in [3.8, 4) is 0 Å². The molecular weight excluding hydrogens is 254 g/mol. The van der Waals surface area contributed by atoms with Gasteiger partial charge in [-0.1, -0.05) is 50.1 Å². The van der Waals surface area contributed by atoms with Crippen LogP contribution in [0.4, 0.5) is 0 Å². The Hall–Kier alpha value is -0.820. The second kappa shape index (κ2) is 4.84. The first-order valence-corrected chi connectivity index (χ1v) is 8.57. The van der Waals surface area contributed by atoms with Gasteiger partial charge in [0.2, 0.25) is 0 Å². The molecule has 0 heterocycles. The van der Waals surface area contributed by atoms with Crippen LogP contribution in [0, 0.1) is 30.6 Å². The second-order valence-electron chi connectivity index (χ2n) is 8.66. The van der Waals surface area contributed by atoms with Crippen molar-refractivity contribution in [1.82, 2.24) is 5.32 Å². The number of benzene rings is 1. The molecule has 0 aromatic heterocycles. The Balaban J connectivity index is 1.83. The third-order valence-electron chi connectivity index (χ3n) is 6.43. The molecule has 4 unspecified atom stereocenters. The zero-order valence-corrected chi connectivity index (χ0v) is 14.6. The van der Waals surface area contributed by atoms with Gasteiger partial charge in [-0.05, 0) is 62.3 Å². The molecule has 2 fully saturated rings. The number of hydrogen-bond donors (Lipinski definition) is 1. The topological polar surface area (TPSA) is 12.0 Å². The van der Waals surface area contributed by atoms with Gasteiger partial charge in [-0.15, -0.1) is 0 Å². The van der Waals surface area contributed by atoms with Crippen molar-refractivity contribution in [3.05, 3.63) is 34.9 Å². The summed E-state index contributed by atoms with van der Waals surface area (Å²) in [6, 6.07) is 8.02. The van der Waals surface area contributed by atoms with E-state index in [1.807, 2.05) is 0 Å². The first kappa shape index (κ1) is 15.1. The molecule has 3 rings (SSSR count). The van der Waals surface area contributed by atoms with Crippen LogP contribution in [0.5, 0.6) is 0 Å². The summed E-state index contributed by atoms with van der Waals surface area (Å²) in [7, 11) is 0. The summed E-state index contributed by atoms with van der Waals surface area (Å²) in [5.74, 6) is 0.909. The fourth-order valence-corrected chi connectivity index (χ4v) is 5.32. The quantitative estimate of drug-likeness (QED) is 0.808. The van der Waals surface area contributed by atoms with Crippen molar-refractivity contribution in [1.29, 1.82) is 0 Å². The summed E-state index contributed by atoms with van der Waals surface area (Å²) in [6.45, 7) is 14.2. The molecule has 2 bridgehead atoms. The van der Waals surface area contributed by atoms with E-state index in [4.69, 9.17) is 0 Å². The molecule has 0 radical (unpaired) electrons. The molecule has 1 aromatic carbocycles. The molecule has 2 aliphatic carbocycles. The molecule has 1 N–H and O–H groups in total. The highest BCUT2D eigenvalue weighted by Crippen LogP contribution is 2.62. The van der Waals surface area contributed by atoms with Crippen molar-refractivity contribution in [2.45, 2.75) is 72.9 Å². The van der Waals surface area contributed by atoms with Crippen molar-refractivity contribution in [3.63, 3.8) is 0 Å². The zero-order chi connectivity index (χ0) is 15.4. The van der Waals surface area contributed by atoms with Crippen LogP contribution in [0.3, 0.4) is 0 Å². The fraction of sp³-hybridized carbons (Fsp3) is 0.700. The smallest absolute Gasteiger partial charge is 0.0295 e. The lowest BCUT2D eigenvalue weighted by molar-refractivity contribution is 0.100. The Bertz CT molecular complexity index is 520. The van der Waals surface area contributed by atoms with E-state index < -0.39 is 0 Å². The Morgan fingerprint density at radius 3 is 2.24 bits per heavy atom. The number of aryl methyl sites for hydroxylation is 2. The molecular formula is C20H31N. The molecule has 1 aromatic rings. The Kier molecular flexibility index (Phi) is 3.48. The molecule has 0 amide bonds. The zero-order valence-electron chi connectivity index (χ0n) is 14.6. The van der Waals surface area contributed by atoms with Crippen LogP contribution in [0.25, 0.3) is 0 Å². The van der Waals surface area contributed by atoms with E-state index >= 15 is 0 Å². The van der Waals surface area contributed by atoms with Crippen LogP contribution in [-0.2, 0) is 0 Å². The minimum atomic E-state index is 0.431. The lowest BCUT2D eigenvalue weighted by Crippen LogP contribution is -2.51. The van der Waals surface area contributed by atoms with E-state index in [1.54, 1.807) is 0 Å². The third-order valence-corrected chi connectivity index (χ3v) is 6.43. The molecule has 1 heteroatoms. The molecule has 0 spiro atoms. The maximum Gasteiger partial charge on any atom is 0.0295 e. The highest BCUT2D eigenvalue weighted by Gasteiger charge is 2.59. The standard InChI is InChI=1S/C20H31N/c1-13-9-14(2)11-16(10-13)15(3)21-18-19(4,5)17-7-8-20(18,6)12-17/h9-11,15,17-18,21H,7-8,12H2,1-6H3. The van der Waals surface area contributed by atoms with Crippen molar-refractivity contribution >= 4 is 0 Å². The van der Waals surface area contributed by atoms with Crippen LogP contribution in [0.2, 0.25) is 0 Å². The van der Waals surface area contributed by atoms with E-state index in [1.165, 1.54) is 36.0 Å². The first-order chi connectivity index (χ1) is 9.72. The molecule has 2 saturated carbocycles. The highest BCUT2D eigenvalue weighted by atomic mass is 15.0. The van der Waals surface area contributed by atoms with Crippen LogP contribution in [-0.4, -0.2) is 6.04 Å². The molecule has 2 aliphatic rings. The van der Waals surface area contributed by atoms with Gasteiger partial charge in [0.15, 0.2) is 0 Å². The van der Waals surface area contributed by atoms with Gasteiger partial charge in [0.1, 0.15) is 0 Å². The molecule has 21 heavy (non-hydrogen) atoms. The van der Waals surface area contributed by atoms with E-state index in [0.717, 1.165) is 5.92 Å². The average Bonchev–Trinajstić information content (AvgIpc) is 2.84. The molecule has 0 aliphatic heterocycles. The summed E-state index contributed by atoms with van der Waals surface area (Å²) >= 11 is 0. The number of rotatable bonds is 3. The summed E-state index contributed by atoms with van der Waals surface area (Å²) in [5.41, 5.74) is 5.12. The highest BCUT2D eigenvalue weighted by molar-refractivity contribution is 5.30. The summed E-state index contributed by atoms with van der Waals surface area (Å²) in [5, 5.41) is 4.01. The van der Waals surface area contributed by atoms with Crippen LogP contribution < -0.4 is 5.32 Å². The van der Waals surface area contributed by atoms with Gasteiger partial charge in [0.05, 0.1) is 0 Å². The van der Waals surface area contributed by atoms with Crippen molar-refractivity contribution < 1.29 is 0 Å². The average molecular weight is 285 g/mol. The molecule has 0 saturated heterocycles. The lowest BCUT2D eigenvalue weighted by Gasteiger charge is -2.44. The van der Waals surface area contributed by atoms with Crippen LogP contribution in [0.1, 0.15) is 69.7 Å². The number of hydrogen-bond acceptors (Lipinski definition) is 1. The van der Waals surface area contributed by atoms with Gasteiger partial charge >= 0.3 is 0 Å². The molecule has 1 nitrogen and oxygen atoms in total. The lowest BCUT2D eigenvalue weighted by atomic mass is 9.68. The Morgan fingerprint density at radius 1 is 1.10 bits per heavy atom. The van der Waals surface area contributed by atoms with E-state index in [9.17, 15) is 0 Å². The number of nitrogens with one attached hydrogen (secondary N) is 1. The van der Waals surface area contributed by atoms with E-state index in [0.29, 0.717) is 22.9 Å². The van der Waals surface area contributed by atoms with Gasteiger partial charge < -0.3 is 5.32 Å². The van der Waals surface area contributed by atoms with E-state index in [-0.39, 0.29) is 0 Å². The monoisotopic (exact) mass is 285 g/mol. The van der Waals surface area contributed by atoms with Gasteiger partial charge in [0.25, 0.3) is 0 Å². The second-order valence-corrected chi connectivity index (χ2v) is 8.66. The largest absolute Gasteiger partial charge is 0.306 e. The van der Waals surface area contributed by atoms with Gasteiger partial charge in [-0.25, -0.2) is 0 Å². The van der Waals surface area contributed by atoms with E-state index in [2.05, 4.69) is 65.1 Å². The van der Waals surface area contributed by atoms with Gasteiger partial charge in [-0.2, -0.15) is 0 Å². The maximum atomic E-state index is 4.01. The van der Waals surface area contributed by atoms with Crippen molar-refractivity contribution in [2.75, 3.05) is 0 Å². The molecule has 4 atom stereocenters. The SMILES string of the molecule is Cc1cc(C)cc(C(C)NC2C3(C)CCC(C3)C2(C)C)c1. The summed E-state index contributed by atoms with van der Waals surface area (Å²) in [4.78, 5) is 0. The predicted octanol–water partition coefficient (Wildman–Crippen LogP) is 5.17. The Morgan fingerprint density at radius 2 is 1.71 bits per heavy atom. The molecule has 116 valence electrons. The summed E-state index contributed by atoms with van der Waals surface area (Å²) < 4.78 is 0. The third kappa shape index (κ3) is 2.44. The predicted molar refractivity (Wildman–Crippen MR) is 90.5 cm³/mol. The summed E-state index contributed by atoms with van der Waals surface area (Å²) in [6.07, 6.45) is 4.25. The van der Waals surface area contributed by atoms with Gasteiger partial charge in [0, 0.05) is 12.1 Å².